The molecule has 1 aliphatic heterocycles. The minimum absolute atomic E-state index is 0.0392. The fourth-order valence-electron chi connectivity index (χ4n) is 6.11. The van der Waals surface area contributed by atoms with Crippen molar-refractivity contribution in [2.45, 2.75) is 63.5 Å². The van der Waals surface area contributed by atoms with Gasteiger partial charge in [-0.15, -0.1) is 23.5 Å². The lowest BCUT2D eigenvalue weighted by Crippen LogP contribution is -2.41. The summed E-state index contributed by atoms with van der Waals surface area (Å²) >= 11 is 3.83. The van der Waals surface area contributed by atoms with Crippen molar-refractivity contribution in [1.29, 1.82) is 0 Å². The lowest BCUT2D eigenvalue weighted by atomic mass is 10.1. The number of carbonyl (C=O) groups is 1. The van der Waals surface area contributed by atoms with Crippen LogP contribution in [0.25, 0.3) is 16.6 Å². The number of hydrogen-bond donors (Lipinski definition) is 1. The second-order valence-corrected chi connectivity index (χ2v) is 14.8. The molecule has 1 aromatic heterocycles. The summed E-state index contributed by atoms with van der Waals surface area (Å²) in [5.74, 6) is 4.43. The van der Waals surface area contributed by atoms with Crippen LogP contribution >= 0.6 is 23.5 Å². The van der Waals surface area contributed by atoms with E-state index in [1.807, 2.05) is 77.8 Å². The van der Waals surface area contributed by atoms with Gasteiger partial charge in [0.1, 0.15) is 11.6 Å². The zero-order chi connectivity index (χ0) is 34.0. The number of hydrogen-bond acceptors (Lipinski definition) is 9. The first-order valence-electron chi connectivity index (χ1n) is 16.7. The van der Waals surface area contributed by atoms with Gasteiger partial charge < -0.3 is 24.8 Å². The van der Waals surface area contributed by atoms with Crippen molar-refractivity contribution in [3.05, 3.63) is 82.4 Å². The number of nitrogen functional groups attached to an aromatic ring is 1. The van der Waals surface area contributed by atoms with E-state index in [9.17, 15) is 9.59 Å². The Labute approximate surface area is 291 Å². The minimum atomic E-state index is -0.0873. The number of aryl methyl sites for hydroxylation is 1. The number of thioether (sulfide) groups is 2. The predicted molar refractivity (Wildman–Crippen MR) is 198 cm³/mol. The van der Waals surface area contributed by atoms with Crippen LogP contribution in [0.4, 0.5) is 5.69 Å². The van der Waals surface area contributed by atoms with Crippen LogP contribution in [-0.2, 0) is 0 Å². The minimum Gasteiger partial charge on any atom is -0.494 e. The van der Waals surface area contributed by atoms with E-state index in [4.69, 9.17) is 19.9 Å². The van der Waals surface area contributed by atoms with Crippen LogP contribution in [0.2, 0.25) is 0 Å². The Morgan fingerprint density at radius 2 is 1.69 bits per heavy atom. The van der Waals surface area contributed by atoms with E-state index in [2.05, 4.69) is 18.8 Å². The van der Waals surface area contributed by atoms with Gasteiger partial charge in [-0.1, -0.05) is 26.0 Å². The lowest BCUT2D eigenvalue weighted by molar-refractivity contribution is 0.0746. The normalized spacial score (nSPS) is 14.5. The molecule has 3 aromatic carbocycles. The summed E-state index contributed by atoms with van der Waals surface area (Å²) in [5, 5.41) is 0.592. The smallest absolute Gasteiger partial charge is 0.265 e. The Kier molecular flexibility index (Phi) is 12.6. The number of amides is 1. The summed E-state index contributed by atoms with van der Waals surface area (Å²) in [7, 11) is 1.58. The lowest BCUT2D eigenvalue weighted by Gasteiger charge is -2.31. The van der Waals surface area contributed by atoms with Gasteiger partial charge in [0, 0.05) is 18.3 Å². The Balaban J connectivity index is 1.09. The molecule has 1 amide bonds. The zero-order valence-electron chi connectivity index (χ0n) is 28.3. The SMILES string of the molecule is CCSC(SCC)[C@@H]1CCCN1C(=O)c1cc(OC)c(OCCCCCOc2ccc(-n3c(C)nc4ccccc4c3=O)cc2)cc1N. The molecule has 9 nitrogen and oxygen atoms in total. The molecule has 5 rings (SSSR count). The van der Waals surface area contributed by atoms with Gasteiger partial charge in [-0.05, 0) is 93.0 Å². The molecular formula is C37H46N4O5S2. The Hall–Kier alpha value is -3.83. The molecular weight excluding hydrogens is 645 g/mol. The number of ether oxygens (including phenoxy) is 3. The summed E-state index contributed by atoms with van der Waals surface area (Å²) in [6, 6.07) is 18.5. The van der Waals surface area contributed by atoms with Gasteiger partial charge in [0.15, 0.2) is 11.5 Å². The molecule has 0 radical (unpaired) electrons. The van der Waals surface area contributed by atoms with Crippen molar-refractivity contribution in [3.63, 3.8) is 0 Å². The average Bonchev–Trinajstić information content (AvgIpc) is 3.58. The third-order valence-electron chi connectivity index (χ3n) is 8.46. The number of fused-ring (bicyclic) bond motifs is 1. The fourth-order valence-corrected chi connectivity index (χ4v) is 8.98. The number of unbranched alkanes of at least 4 members (excludes halogenated alkanes) is 2. The summed E-state index contributed by atoms with van der Waals surface area (Å²) < 4.78 is 19.6. The molecule has 4 aromatic rings. The number of aromatic nitrogens is 2. The van der Waals surface area contributed by atoms with Gasteiger partial charge in [-0.2, -0.15) is 0 Å². The highest BCUT2D eigenvalue weighted by Crippen LogP contribution is 2.38. The Bertz CT molecular complexity index is 1740. The predicted octanol–water partition coefficient (Wildman–Crippen LogP) is 7.35. The standard InChI is InChI=1S/C37H46N4O5S2/c1-5-47-37(48-6-2)32-15-12-20-40(32)35(42)29-23-33(44-4)34(24-30(29)38)46-22-11-7-10-21-45-27-18-16-26(17-19-27)41-25(3)39-31-14-9-8-13-28(31)36(41)43/h8-9,13-14,16-19,23-24,32,37H,5-7,10-12,15,20-22,38H2,1-4H3/t32-/m0/s1. The molecule has 0 unspecified atom stereocenters. The van der Waals surface area contributed by atoms with Gasteiger partial charge in [0.05, 0.1) is 53.1 Å². The molecule has 0 saturated carbocycles. The van der Waals surface area contributed by atoms with E-state index < -0.39 is 0 Å². The fraction of sp³-hybridized carbons (Fsp3) is 0.432. The van der Waals surface area contributed by atoms with Crippen molar-refractivity contribution < 1.29 is 19.0 Å². The van der Waals surface area contributed by atoms with E-state index in [-0.39, 0.29) is 17.5 Å². The maximum Gasteiger partial charge on any atom is 0.265 e. The quantitative estimate of drug-likeness (QED) is 0.0733. The molecule has 256 valence electrons. The molecule has 1 aliphatic rings. The maximum absolute atomic E-state index is 13.7. The second kappa shape index (κ2) is 17.0. The molecule has 1 saturated heterocycles. The molecule has 0 aliphatic carbocycles. The first-order valence-corrected chi connectivity index (χ1v) is 18.8. The number of nitrogens with two attached hydrogens (primary N) is 1. The van der Waals surface area contributed by atoms with Crippen molar-refractivity contribution in [1.82, 2.24) is 14.5 Å². The summed E-state index contributed by atoms with van der Waals surface area (Å²) in [4.78, 5) is 33.4. The first-order chi connectivity index (χ1) is 23.4. The number of rotatable bonds is 16. The van der Waals surface area contributed by atoms with Crippen LogP contribution < -0.4 is 25.5 Å². The molecule has 48 heavy (non-hydrogen) atoms. The van der Waals surface area contributed by atoms with Crippen LogP contribution in [0.15, 0.2) is 65.5 Å². The number of nitrogens with zero attached hydrogens (tertiary/aromatic N) is 3. The van der Waals surface area contributed by atoms with Crippen molar-refractivity contribution in [3.8, 4) is 22.9 Å². The number of likely N-dealkylation sites (tertiary alicyclic amines) is 1. The number of anilines is 1. The molecule has 2 heterocycles. The summed E-state index contributed by atoms with van der Waals surface area (Å²) in [5.41, 5.74) is 8.66. The van der Waals surface area contributed by atoms with Crippen LogP contribution in [0.5, 0.6) is 17.2 Å². The van der Waals surface area contributed by atoms with Crippen LogP contribution in [0, 0.1) is 6.92 Å². The first kappa shape index (κ1) is 35.5. The average molecular weight is 691 g/mol. The van der Waals surface area contributed by atoms with Crippen molar-refractivity contribution in [2.24, 2.45) is 0 Å². The largest absolute Gasteiger partial charge is 0.494 e. The van der Waals surface area contributed by atoms with Gasteiger partial charge in [0.2, 0.25) is 0 Å². The van der Waals surface area contributed by atoms with Gasteiger partial charge in [-0.3, -0.25) is 14.2 Å². The molecule has 11 heteroatoms. The highest BCUT2D eigenvalue weighted by atomic mass is 32.2. The van der Waals surface area contributed by atoms with E-state index in [0.717, 1.165) is 61.6 Å². The number of carbonyl (C=O) groups excluding carboxylic acids is 1. The molecule has 1 atom stereocenters. The second-order valence-electron chi connectivity index (χ2n) is 11.6. The maximum atomic E-state index is 13.7. The van der Waals surface area contributed by atoms with E-state index in [1.165, 1.54) is 0 Å². The van der Waals surface area contributed by atoms with E-state index >= 15 is 0 Å². The third kappa shape index (κ3) is 8.23. The molecule has 0 bridgehead atoms. The van der Waals surface area contributed by atoms with E-state index in [1.54, 1.807) is 29.9 Å². The van der Waals surface area contributed by atoms with Gasteiger partial charge in [-0.25, -0.2) is 4.98 Å². The van der Waals surface area contributed by atoms with Crippen LogP contribution in [-0.4, -0.2) is 69.4 Å². The monoisotopic (exact) mass is 690 g/mol. The highest BCUT2D eigenvalue weighted by Gasteiger charge is 2.36. The molecule has 0 spiro atoms. The van der Waals surface area contributed by atoms with Crippen LogP contribution in [0.3, 0.4) is 0 Å². The van der Waals surface area contributed by atoms with Crippen molar-refractivity contribution in [2.75, 3.05) is 44.1 Å². The summed E-state index contributed by atoms with van der Waals surface area (Å²) in [6.45, 7) is 7.97. The van der Waals surface area contributed by atoms with E-state index in [0.29, 0.717) is 57.3 Å². The molecule has 1 fully saturated rings. The van der Waals surface area contributed by atoms with Gasteiger partial charge in [0.25, 0.3) is 11.5 Å². The number of para-hydroxylation sites is 1. The third-order valence-corrected chi connectivity index (χ3v) is 11.2. The van der Waals surface area contributed by atoms with Crippen LogP contribution in [0.1, 0.15) is 62.1 Å². The Morgan fingerprint density at radius 3 is 2.40 bits per heavy atom. The molecule has 2 N–H and O–H groups in total. The zero-order valence-corrected chi connectivity index (χ0v) is 29.9. The van der Waals surface area contributed by atoms with Crippen molar-refractivity contribution >= 4 is 46.0 Å². The number of benzene rings is 3. The Morgan fingerprint density at radius 1 is 0.979 bits per heavy atom. The number of methoxy groups -OCH3 is 1. The highest BCUT2D eigenvalue weighted by molar-refractivity contribution is 8.17. The van der Waals surface area contributed by atoms with Gasteiger partial charge >= 0.3 is 0 Å². The summed E-state index contributed by atoms with van der Waals surface area (Å²) in [6.07, 6.45) is 4.61. The topological polar surface area (TPSA) is 109 Å².